The molecule has 1 fully saturated rings. The molecular weight excluding hydrogens is 218 g/mol. The first-order chi connectivity index (χ1) is 8.09. The molecule has 0 aromatic carbocycles. The molecule has 1 saturated carbocycles. The number of aryl methyl sites for hydroxylation is 1. The van der Waals surface area contributed by atoms with Gasteiger partial charge in [-0.3, -0.25) is 15.1 Å². The summed E-state index contributed by atoms with van der Waals surface area (Å²) in [5, 5.41) is 14.3. The second kappa shape index (κ2) is 4.79. The second-order valence-electron chi connectivity index (χ2n) is 4.60. The molecule has 0 atom stereocenters. The monoisotopic (exact) mass is 235 g/mol. The molecule has 92 valence electrons. The maximum Gasteiger partial charge on any atom is 0.278 e. The number of hydrogen-bond acceptors (Lipinski definition) is 4. The zero-order chi connectivity index (χ0) is 12.4. The molecular formula is C12H17N3O2. The van der Waals surface area contributed by atoms with Gasteiger partial charge in [-0.05, 0) is 26.7 Å². The number of nitrogens with zero attached hydrogens (tertiary/aromatic N) is 2. The molecule has 17 heavy (non-hydrogen) atoms. The Bertz CT molecular complexity index is 442. The van der Waals surface area contributed by atoms with E-state index in [0.29, 0.717) is 17.2 Å². The van der Waals surface area contributed by atoms with E-state index in [1.54, 1.807) is 20.0 Å². The highest BCUT2D eigenvalue weighted by molar-refractivity contribution is 5.47. The molecule has 1 heterocycles. The van der Waals surface area contributed by atoms with Crippen LogP contribution >= 0.6 is 0 Å². The lowest BCUT2D eigenvalue weighted by molar-refractivity contribution is -0.386. The summed E-state index contributed by atoms with van der Waals surface area (Å²) in [4.78, 5) is 14.9. The molecule has 0 radical (unpaired) electrons. The Morgan fingerprint density at radius 1 is 1.53 bits per heavy atom. The summed E-state index contributed by atoms with van der Waals surface area (Å²) in [5.74, 6) is 0. The fourth-order valence-electron chi connectivity index (χ4n) is 1.98. The van der Waals surface area contributed by atoms with Crippen molar-refractivity contribution in [3.8, 4) is 0 Å². The normalized spacial score (nSPS) is 14.9. The van der Waals surface area contributed by atoms with Gasteiger partial charge in [0.15, 0.2) is 0 Å². The van der Waals surface area contributed by atoms with E-state index in [4.69, 9.17) is 0 Å². The summed E-state index contributed by atoms with van der Waals surface area (Å²) in [7, 11) is 0. The van der Waals surface area contributed by atoms with Gasteiger partial charge in [0, 0.05) is 36.3 Å². The van der Waals surface area contributed by atoms with Gasteiger partial charge in [0.1, 0.15) is 0 Å². The summed E-state index contributed by atoms with van der Waals surface area (Å²) in [6, 6.07) is 0.663. The summed E-state index contributed by atoms with van der Waals surface area (Å²) in [6.07, 6.45) is 4.85. The summed E-state index contributed by atoms with van der Waals surface area (Å²) >= 11 is 0. The third-order valence-electron chi connectivity index (χ3n) is 3.13. The van der Waals surface area contributed by atoms with Gasteiger partial charge in [0.2, 0.25) is 0 Å². The van der Waals surface area contributed by atoms with Crippen molar-refractivity contribution in [3.63, 3.8) is 0 Å². The molecule has 0 unspecified atom stereocenters. The predicted molar refractivity (Wildman–Crippen MR) is 65.1 cm³/mol. The summed E-state index contributed by atoms with van der Waals surface area (Å²) in [5.41, 5.74) is 2.37. The number of nitro groups is 1. The molecule has 0 saturated heterocycles. The fourth-order valence-corrected chi connectivity index (χ4v) is 1.98. The molecule has 5 nitrogen and oxygen atoms in total. The average molecular weight is 235 g/mol. The lowest BCUT2D eigenvalue weighted by atomic mass is 10.1. The van der Waals surface area contributed by atoms with Crippen LogP contribution in [0.5, 0.6) is 0 Å². The van der Waals surface area contributed by atoms with Gasteiger partial charge < -0.3 is 5.32 Å². The highest BCUT2D eigenvalue weighted by atomic mass is 16.6. The van der Waals surface area contributed by atoms with Gasteiger partial charge in [-0.15, -0.1) is 0 Å². The van der Waals surface area contributed by atoms with Gasteiger partial charge >= 0.3 is 0 Å². The minimum atomic E-state index is -0.315. The Labute approximate surface area is 100 Å². The highest BCUT2D eigenvalue weighted by Gasteiger charge is 2.21. The average Bonchev–Trinajstić information content (AvgIpc) is 3.05. The Morgan fingerprint density at radius 3 is 2.82 bits per heavy atom. The molecule has 0 bridgehead atoms. The van der Waals surface area contributed by atoms with E-state index in [-0.39, 0.29) is 10.6 Å². The molecule has 1 aliphatic rings. The Kier molecular flexibility index (Phi) is 3.38. The van der Waals surface area contributed by atoms with Crippen LogP contribution in [0, 0.1) is 24.0 Å². The first-order valence-electron chi connectivity index (χ1n) is 5.92. The van der Waals surface area contributed by atoms with Crippen LogP contribution < -0.4 is 5.32 Å². The van der Waals surface area contributed by atoms with Crippen LogP contribution in [0.25, 0.3) is 0 Å². The zero-order valence-corrected chi connectivity index (χ0v) is 10.2. The second-order valence-corrected chi connectivity index (χ2v) is 4.60. The lowest BCUT2D eigenvalue weighted by Gasteiger charge is -2.07. The molecule has 1 aromatic rings. The maximum atomic E-state index is 10.9. The van der Waals surface area contributed by atoms with Crippen LogP contribution in [0.1, 0.15) is 29.7 Å². The Balaban J connectivity index is 2.10. The number of nitrogens with one attached hydrogen (secondary N) is 1. The van der Waals surface area contributed by atoms with Crippen LogP contribution in [-0.4, -0.2) is 22.5 Å². The van der Waals surface area contributed by atoms with Crippen LogP contribution in [0.3, 0.4) is 0 Å². The van der Waals surface area contributed by atoms with Crippen molar-refractivity contribution >= 4 is 5.69 Å². The van der Waals surface area contributed by atoms with Gasteiger partial charge in [-0.2, -0.15) is 0 Å². The van der Waals surface area contributed by atoms with Crippen LogP contribution in [0.2, 0.25) is 0 Å². The van der Waals surface area contributed by atoms with E-state index >= 15 is 0 Å². The molecule has 2 rings (SSSR count). The molecule has 0 aliphatic heterocycles. The SMILES string of the molecule is Cc1cnc(CCNC2CC2)c(C)c1[N+](=O)[O-]. The third kappa shape index (κ3) is 2.79. The van der Waals surface area contributed by atoms with E-state index in [1.165, 1.54) is 12.8 Å². The van der Waals surface area contributed by atoms with E-state index in [2.05, 4.69) is 10.3 Å². The van der Waals surface area contributed by atoms with E-state index in [0.717, 1.165) is 18.7 Å². The highest BCUT2D eigenvalue weighted by Crippen LogP contribution is 2.24. The minimum Gasteiger partial charge on any atom is -0.314 e. The van der Waals surface area contributed by atoms with Crippen molar-refractivity contribution in [1.29, 1.82) is 0 Å². The number of hydrogen-bond donors (Lipinski definition) is 1. The van der Waals surface area contributed by atoms with Crippen LogP contribution in [-0.2, 0) is 6.42 Å². The molecule has 0 amide bonds. The van der Waals surface area contributed by atoms with Crippen molar-refractivity contribution in [2.75, 3.05) is 6.54 Å². The van der Waals surface area contributed by atoms with Crippen molar-refractivity contribution < 1.29 is 4.92 Å². The molecule has 5 heteroatoms. The predicted octanol–water partition coefficient (Wildman–Crippen LogP) is 1.90. The van der Waals surface area contributed by atoms with Crippen molar-refractivity contribution in [3.05, 3.63) is 33.1 Å². The summed E-state index contributed by atoms with van der Waals surface area (Å²) in [6.45, 7) is 4.35. The lowest BCUT2D eigenvalue weighted by Crippen LogP contribution is -2.20. The summed E-state index contributed by atoms with van der Waals surface area (Å²) < 4.78 is 0. The number of aromatic nitrogens is 1. The maximum absolute atomic E-state index is 10.9. The first-order valence-corrected chi connectivity index (χ1v) is 5.92. The van der Waals surface area contributed by atoms with Crippen molar-refractivity contribution in [2.24, 2.45) is 0 Å². The molecule has 1 aromatic heterocycles. The van der Waals surface area contributed by atoms with E-state index in [9.17, 15) is 10.1 Å². The van der Waals surface area contributed by atoms with Crippen molar-refractivity contribution in [1.82, 2.24) is 10.3 Å². The Hall–Kier alpha value is -1.49. The molecule has 0 spiro atoms. The largest absolute Gasteiger partial charge is 0.314 e. The van der Waals surface area contributed by atoms with Gasteiger partial charge in [0.25, 0.3) is 5.69 Å². The minimum absolute atomic E-state index is 0.210. The fraction of sp³-hybridized carbons (Fsp3) is 0.583. The topological polar surface area (TPSA) is 68.1 Å². The number of pyridine rings is 1. The van der Waals surface area contributed by atoms with Crippen LogP contribution in [0.4, 0.5) is 5.69 Å². The van der Waals surface area contributed by atoms with E-state index in [1.807, 2.05) is 0 Å². The smallest absolute Gasteiger partial charge is 0.278 e. The van der Waals surface area contributed by atoms with Crippen LogP contribution in [0.15, 0.2) is 6.20 Å². The number of rotatable bonds is 5. The Morgan fingerprint density at radius 2 is 2.24 bits per heavy atom. The third-order valence-corrected chi connectivity index (χ3v) is 3.13. The standard InChI is InChI=1S/C12H17N3O2/c1-8-7-14-11(5-6-13-10-3-4-10)9(2)12(8)15(16)17/h7,10,13H,3-6H2,1-2H3. The van der Waals surface area contributed by atoms with Gasteiger partial charge in [-0.1, -0.05) is 0 Å². The zero-order valence-electron chi connectivity index (χ0n) is 10.2. The molecule has 1 N–H and O–H groups in total. The van der Waals surface area contributed by atoms with Gasteiger partial charge in [0.05, 0.1) is 10.6 Å². The first kappa shape index (κ1) is 12.0. The van der Waals surface area contributed by atoms with E-state index < -0.39 is 0 Å². The van der Waals surface area contributed by atoms with Gasteiger partial charge in [-0.25, -0.2) is 0 Å². The quantitative estimate of drug-likeness (QED) is 0.625. The molecule has 1 aliphatic carbocycles. The van der Waals surface area contributed by atoms with Crippen molar-refractivity contribution in [2.45, 2.75) is 39.2 Å².